The number of ether oxygens (including phenoxy) is 1. The smallest absolute Gasteiger partial charge is 0.341 e. The Morgan fingerprint density at radius 1 is 1.04 bits per heavy atom. The number of hydrogen-bond acceptors (Lipinski definition) is 6. The van der Waals surface area contributed by atoms with Gasteiger partial charge in [-0.15, -0.1) is 11.3 Å². The fourth-order valence-electron chi connectivity index (χ4n) is 2.65. The Kier molecular flexibility index (Phi) is 5.60. The van der Waals surface area contributed by atoms with Gasteiger partial charge in [-0.1, -0.05) is 12.1 Å². The number of thiophene rings is 1. The highest BCUT2D eigenvalue weighted by Gasteiger charge is 2.27. The number of aryl methyl sites for hydroxylation is 1. The fourth-order valence-corrected chi connectivity index (χ4v) is 3.73. The molecule has 2 aromatic heterocycles. The van der Waals surface area contributed by atoms with Crippen LogP contribution < -0.4 is 10.6 Å². The second kappa shape index (κ2) is 8.10. The third-order valence-electron chi connectivity index (χ3n) is 3.99. The number of carbonyl (C=O) groups is 3. The van der Waals surface area contributed by atoms with Crippen LogP contribution in [0.3, 0.4) is 0 Å². The molecule has 144 valence electrons. The van der Waals surface area contributed by atoms with Gasteiger partial charge in [0.05, 0.1) is 23.8 Å². The van der Waals surface area contributed by atoms with Crippen molar-refractivity contribution in [2.75, 3.05) is 17.7 Å². The average Bonchev–Trinajstić information content (AvgIpc) is 3.29. The first-order chi connectivity index (χ1) is 13.4. The Balaban J connectivity index is 1.93. The third kappa shape index (κ3) is 3.96. The number of anilines is 2. The van der Waals surface area contributed by atoms with E-state index in [1.807, 2.05) is 25.1 Å². The lowest BCUT2D eigenvalue weighted by Gasteiger charge is -2.05. The lowest BCUT2D eigenvalue weighted by molar-refractivity contribution is 0.0601. The molecule has 1 aromatic carbocycles. The van der Waals surface area contributed by atoms with E-state index in [1.165, 1.54) is 19.4 Å². The van der Waals surface area contributed by atoms with Gasteiger partial charge >= 0.3 is 5.97 Å². The van der Waals surface area contributed by atoms with E-state index in [1.54, 1.807) is 19.1 Å². The Hall–Kier alpha value is -3.39. The predicted octanol–water partition coefficient (Wildman–Crippen LogP) is 4.25. The van der Waals surface area contributed by atoms with Crippen molar-refractivity contribution in [3.05, 3.63) is 70.0 Å². The van der Waals surface area contributed by atoms with Crippen molar-refractivity contribution in [3.63, 3.8) is 0 Å². The summed E-state index contributed by atoms with van der Waals surface area (Å²) in [5.74, 6) is -1.45. The van der Waals surface area contributed by atoms with Crippen LogP contribution in [0.1, 0.15) is 41.7 Å². The van der Waals surface area contributed by atoms with Crippen LogP contribution in [0, 0.1) is 13.8 Å². The van der Waals surface area contributed by atoms with E-state index < -0.39 is 11.9 Å². The minimum absolute atomic E-state index is 0.0904. The second-order valence-electron chi connectivity index (χ2n) is 6.01. The van der Waals surface area contributed by atoms with Crippen LogP contribution in [-0.2, 0) is 4.74 Å². The van der Waals surface area contributed by atoms with Crippen molar-refractivity contribution < 1.29 is 23.5 Å². The normalized spacial score (nSPS) is 10.4. The molecular weight excluding hydrogens is 380 g/mol. The van der Waals surface area contributed by atoms with Crippen LogP contribution in [-0.4, -0.2) is 24.9 Å². The highest BCUT2D eigenvalue weighted by molar-refractivity contribution is 7.19. The number of esters is 1. The highest BCUT2D eigenvalue weighted by atomic mass is 32.1. The number of hydrogen-bond donors (Lipinski definition) is 2. The molecule has 0 unspecified atom stereocenters. The molecule has 0 atom stereocenters. The summed E-state index contributed by atoms with van der Waals surface area (Å²) in [6.07, 6.45) is 1.37. The first-order valence-corrected chi connectivity index (χ1v) is 9.17. The molecule has 3 rings (SSSR count). The molecule has 0 spiro atoms. The Morgan fingerprint density at radius 2 is 1.82 bits per heavy atom. The van der Waals surface area contributed by atoms with E-state index in [0.29, 0.717) is 16.1 Å². The zero-order chi connectivity index (χ0) is 20.3. The SMILES string of the molecule is COC(=O)c1c(NC(=O)c2ccco2)sc(C(=O)Nc2cccc(C)c2)c1C. The van der Waals surface area contributed by atoms with E-state index in [0.717, 1.165) is 16.9 Å². The van der Waals surface area contributed by atoms with Crippen LogP contribution in [0.2, 0.25) is 0 Å². The lowest BCUT2D eigenvalue weighted by Crippen LogP contribution is -2.14. The Morgan fingerprint density at radius 3 is 2.46 bits per heavy atom. The maximum atomic E-state index is 12.8. The number of carbonyl (C=O) groups excluding carboxylic acids is 3. The summed E-state index contributed by atoms with van der Waals surface area (Å²) in [6, 6.07) is 10.4. The topological polar surface area (TPSA) is 97.6 Å². The maximum absolute atomic E-state index is 12.8. The van der Waals surface area contributed by atoms with Crippen LogP contribution in [0.5, 0.6) is 0 Å². The predicted molar refractivity (Wildman–Crippen MR) is 106 cm³/mol. The summed E-state index contributed by atoms with van der Waals surface area (Å²) in [4.78, 5) is 37.6. The first kappa shape index (κ1) is 19.4. The molecule has 7 nitrogen and oxygen atoms in total. The van der Waals surface area contributed by atoms with Gasteiger partial charge in [0.15, 0.2) is 5.76 Å². The van der Waals surface area contributed by atoms with Gasteiger partial charge in [0.25, 0.3) is 11.8 Å². The molecule has 0 aliphatic rings. The number of amides is 2. The van der Waals surface area contributed by atoms with Crippen LogP contribution in [0.15, 0.2) is 47.1 Å². The lowest BCUT2D eigenvalue weighted by atomic mass is 10.1. The third-order valence-corrected chi connectivity index (χ3v) is 5.20. The number of rotatable bonds is 5. The van der Waals surface area contributed by atoms with Gasteiger partial charge < -0.3 is 19.8 Å². The molecule has 3 aromatic rings. The van der Waals surface area contributed by atoms with Crippen LogP contribution >= 0.6 is 11.3 Å². The number of nitrogens with one attached hydrogen (secondary N) is 2. The first-order valence-electron chi connectivity index (χ1n) is 8.35. The summed E-state index contributed by atoms with van der Waals surface area (Å²) >= 11 is 1.00. The number of benzene rings is 1. The van der Waals surface area contributed by atoms with Crippen molar-refractivity contribution in [2.45, 2.75) is 13.8 Å². The summed E-state index contributed by atoms with van der Waals surface area (Å²) in [5.41, 5.74) is 2.21. The van der Waals surface area contributed by atoms with Gasteiger partial charge in [-0.25, -0.2) is 4.79 Å². The zero-order valence-corrected chi connectivity index (χ0v) is 16.3. The highest BCUT2D eigenvalue weighted by Crippen LogP contribution is 2.34. The molecule has 0 saturated heterocycles. The molecule has 2 N–H and O–H groups in total. The largest absolute Gasteiger partial charge is 0.465 e. The van der Waals surface area contributed by atoms with Crippen LogP contribution in [0.25, 0.3) is 0 Å². The monoisotopic (exact) mass is 398 g/mol. The van der Waals surface area contributed by atoms with Crippen molar-refractivity contribution in [1.82, 2.24) is 0 Å². The molecule has 0 radical (unpaired) electrons. The van der Waals surface area contributed by atoms with Gasteiger partial charge in [-0.05, 0) is 49.2 Å². The summed E-state index contributed by atoms with van der Waals surface area (Å²) in [6.45, 7) is 3.56. The minimum Gasteiger partial charge on any atom is -0.465 e. The van der Waals surface area contributed by atoms with Gasteiger partial charge in [0, 0.05) is 5.69 Å². The molecular formula is C20H18N2O5S. The standard InChI is InChI=1S/C20H18N2O5S/c1-11-6-4-7-13(10-11)21-18(24)16-12(2)15(20(25)26-3)19(28-16)22-17(23)14-8-5-9-27-14/h4-10H,1-3H3,(H,21,24)(H,22,23). The van der Waals surface area contributed by atoms with Gasteiger partial charge in [-0.2, -0.15) is 0 Å². The Labute approximate surface area is 165 Å². The van der Waals surface area contributed by atoms with E-state index in [9.17, 15) is 14.4 Å². The average molecular weight is 398 g/mol. The minimum atomic E-state index is -0.641. The molecule has 2 amide bonds. The molecule has 0 bridgehead atoms. The molecule has 2 heterocycles. The molecule has 0 aliphatic carbocycles. The molecule has 8 heteroatoms. The van der Waals surface area contributed by atoms with Crippen molar-refractivity contribution in [2.24, 2.45) is 0 Å². The van der Waals surface area contributed by atoms with E-state index in [4.69, 9.17) is 9.15 Å². The second-order valence-corrected chi connectivity index (χ2v) is 7.03. The van der Waals surface area contributed by atoms with Gasteiger partial charge in [0.2, 0.25) is 0 Å². The molecule has 0 saturated carbocycles. The van der Waals surface area contributed by atoms with Crippen molar-refractivity contribution in [3.8, 4) is 0 Å². The van der Waals surface area contributed by atoms with Crippen molar-refractivity contribution in [1.29, 1.82) is 0 Å². The van der Waals surface area contributed by atoms with Crippen LogP contribution in [0.4, 0.5) is 10.7 Å². The fraction of sp³-hybridized carbons (Fsp3) is 0.150. The Bertz CT molecular complexity index is 1040. The van der Waals surface area contributed by atoms with E-state index in [2.05, 4.69) is 10.6 Å². The zero-order valence-electron chi connectivity index (χ0n) is 15.5. The number of furan rings is 1. The van der Waals surface area contributed by atoms with Gasteiger partial charge in [0.1, 0.15) is 5.00 Å². The number of methoxy groups -OCH3 is 1. The summed E-state index contributed by atoms with van der Waals surface area (Å²) in [7, 11) is 1.24. The van der Waals surface area contributed by atoms with E-state index in [-0.39, 0.29) is 22.2 Å². The van der Waals surface area contributed by atoms with E-state index >= 15 is 0 Å². The summed E-state index contributed by atoms with van der Waals surface area (Å²) < 4.78 is 9.88. The molecule has 28 heavy (non-hydrogen) atoms. The quantitative estimate of drug-likeness (QED) is 0.626. The van der Waals surface area contributed by atoms with Gasteiger partial charge in [-0.3, -0.25) is 9.59 Å². The molecule has 0 aliphatic heterocycles. The maximum Gasteiger partial charge on any atom is 0.341 e. The van der Waals surface area contributed by atoms with Crippen molar-refractivity contribution >= 4 is 39.8 Å². The summed E-state index contributed by atoms with van der Waals surface area (Å²) in [5, 5.41) is 5.65. The molecule has 0 fully saturated rings.